The van der Waals surface area contributed by atoms with E-state index in [1.54, 1.807) is 20.0 Å². The molecule has 0 saturated carbocycles. The van der Waals surface area contributed by atoms with Gasteiger partial charge in [0, 0.05) is 12.7 Å². The van der Waals surface area contributed by atoms with Gasteiger partial charge in [-0.15, -0.1) is 0 Å². The maximum absolute atomic E-state index is 13.3. The number of nitrogens with zero attached hydrogens (tertiary/aromatic N) is 3. The molecule has 0 bridgehead atoms. The van der Waals surface area contributed by atoms with Crippen LogP contribution in [0.15, 0.2) is 18.2 Å². The first-order valence-corrected chi connectivity index (χ1v) is 6.16. The second-order valence-electron chi connectivity index (χ2n) is 4.42. The van der Waals surface area contributed by atoms with Crippen LogP contribution in [0.5, 0.6) is 0 Å². The van der Waals surface area contributed by atoms with Gasteiger partial charge in [-0.1, -0.05) is 6.07 Å². The third-order valence-corrected chi connectivity index (χ3v) is 2.92. The van der Waals surface area contributed by atoms with E-state index in [4.69, 9.17) is 0 Å². The largest absolute Gasteiger partial charge is 0.357 e. The molecule has 0 fully saturated rings. The highest BCUT2D eigenvalue weighted by Gasteiger charge is 2.22. The molecule has 2 aromatic rings. The van der Waals surface area contributed by atoms with E-state index in [0.717, 1.165) is 5.56 Å². The Balaban J connectivity index is 2.54. The van der Waals surface area contributed by atoms with Crippen LogP contribution in [-0.2, 0) is 0 Å². The summed E-state index contributed by atoms with van der Waals surface area (Å²) in [5.74, 6) is -0.175. The summed E-state index contributed by atoms with van der Waals surface area (Å²) in [5.41, 5.74) is 1.14. The van der Waals surface area contributed by atoms with Crippen LogP contribution in [0.2, 0.25) is 0 Å². The second kappa shape index (κ2) is 5.70. The predicted octanol–water partition coefficient (Wildman–Crippen LogP) is 2.93. The number of nitrogens with one attached hydrogen (secondary N) is 2. The summed E-state index contributed by atoms with van der Waals surface area (Å²) in [6.07, 6.45) is 0. The Morgan fingerprint density at radius 3 is 2.62 bits per heavy atom. The lowest BCUT2D eigenvalue weighted by molar-refractivity contribution is -0.385. The number of aromatic nitrogens is 2. The molecule has 0 unspecified atom stereocenters. The van der Waals surface area contributed by atoms with Crippen LogP contribution in [0, 0.1) is 29.8 Å². The van der Waals surface area contributed by atoms with E-state index in [2.05, 4.69) is 20.6 Å². The molecule has 0 spiro atoms. The van der Waals surface area contributed by atoms with Crippen LogP contribution < -0.4 is 10.6 Å². The molecule has 2 rings (SSSR count). The van der Waals surface area contributed by atoms with Crippen LogP contribution in [0.4, 0.5) is 27.5 Å². The van der Waals surface area contributed by atoms with Gasteiger partial charge in [0.2, 0.25) is 11.8 Å². The Kier molecular flexibility index (Phi) is 3.97. The minimum Gasteiger partial charge on any atom is -0.357 e. The van der Waals surface area contributed by atoms with E-state index in [1.165, 1.54) is 19.1 Å². The molecule has 0 aliphatic rings. The highest BCUT2D eigenvalue weighted by molar-refractivity contribution is 5.69. The normalized spacial score (nSPS) is 10.3. The number of rotatable bonds is 4. The quantitative estimate of drug-likeness (QED) is 0.664. The van der Waals surface area contributed by atoms with E-state index in [9.17, 15) is 14.5 Å². The highest BCUT2D eigenvalue weighted by Crippen LogP contribution is 2.30. The van der Waals surface area contributed by atoms with Gasteiger partial charge in [-0.2, -0.15) is 4.98 Å². The molecular formula is C13H14FN5O2. The maximum Gasteiger partial charge on any atom is 0.332 e. The van der Waals surface area contributed by atoms with E-state index >= 15 is 0 Å². The summed E-state index contributed by atoms with van der Waals surface area (Å²) in [5, 5.41) is 16.7. The van der Waals surface area contributed by atoms with Crippen molar-refractivity contribution in [1.82, 2.24) is 9.97 Å². The molecule has 0 radical (unpaired) electrons. The Morgan fingerprint density at radius 1 is 1.29 bits per heavy atom. The number of nitro groups is 1. The van der Waals surface area contributed by atoms with Gasteiger partial charge in [0.25, 0.3) is 0 Å². The SMILES string of the molecule is CNc1nc(C)c([N+](=O)[O-])c(Nc2cc(F)ccc2C)n1. The van der Waals surface area contributed by atoms with Crippen molar-refractivity contribution in [2.75, 3.05) is 17.7 Å². The Hall–Kier alpha value is -2.77. The number of benzene rings is 1. The van der Waals surface area contributed by atoms with Crippen LogP contribution in [0.25, 0.3) is 0 Å². The molecule has 8 heteroatoms. The standard InChI is InChI=1S/C13H14FN5O2/c1-7-4-5-9(14)6-10(7)17-12-11(19(20)21)8(2)16-13(15-3)18-12/h4-6H,1-3H3,(H2,15,16,17,18). The van der Waals surface area contributed by atoms with Crippen LogP contribution in [0.3, 0.4) is 0 Å². The molecule has 0 atom stereocenters. The van der Waals surface area contributed by atoms with Crippen LogP contribution >= 0.6 is 0 Å². The first kappa shape index (κ1) is 14.6. The molecule has 7 nitrogen and oxygen atoms in total. The monoisotopic (exact) mass is 291 g/mol. The Labute approximate surface area is 120 Å². The molecule has 21 heavy (non-hydrogen) atoms. The molecule has 0 aliphatic heterocycles. The smallest absolute Gasteiger partial charge is 0.332 e. The maximum atomic E-state index is 13.3. The Bertz CT molecular complexity index is 705. The summed E-state index contributed by atoms with van der Waals surface area (Å²) in [6, 6.07) is 4.16. The van der Waals surface area contributed by atoms with Gasteiger partial charge in [0.1, 0.15) is 11.5 Å². The number of halogens is 1. The van der Waals surface area contributed by atoms with Gasteiger partial charge < -0.3 is 10.6 Å². The fraction of sp³-hybridized carbons (Fsp3) is 0.231. The van der Waals surface area contributed by atoms with Crippen molar-refractivity contribution in [3.8, 4) is 0 Å². The van der Waals surface area contributed by atoms with E-state index in [1.807, 2.05) is 0 Å². The summed E-state index contributed by atoms with van der Waals surface area (Å²) in [6.45, 7) is 3.28. The lowest BCUT2D eigenvalue weighted by atomic mass is 10.2. The second-order valence-corrected chi connectivity index (χ2v) is 4.42. The van der Waals surface area contributed by atoms with Crippen molar-refractivity contribution >= 4 is 23.1 Å². The van der Waals surface area contributed by atoms with E-state index in [0.29, 0.717) is 5.69 Å². The summed E-state index contributed by atoms with van der Waals surface area (Å²) in [4.78, 5) is 18.6. The molecule has 110 valence electrons. The average Bonchev–Trinajstić information content (AvgIpc) is 2.41. The molecule has 0 saturated heterocycles. The van der Waals surface area contributed by atoms with Gasteiger partial charge in [-0.05, 0) is 31.5 Å². The molecule has 1 aromatic carbocycles. The number of hydrogen-bond donors (Lipinski definition) is 2. The Morgan fingerprint density at radius 2 is 2.00 bits per heavy atom. The lowest BCUT2D eigenvalue weighted by Gasteiger charge is -2.11. The first-order chi connectivity index (χ1) is 9.92. The molecule has 0 amide bonds. The number of hydrogen-bond acceptors (Lipinski definition) is 6. The van der Waals surface area contributed by atoms with E-state index < -0.39 is 10.7 Å². The zero-order valence-corrected chi connectivity index (χ0v) is 11.8. The van der Waals surface area contributed by atoms with Gasteiger partial charge in [-0.3, -0.25) is 10.1 Å². The predicted molar refractivity (Wildman–Crippen MR) is 77.4 cm³/mol. The summed E-state index contributed by atoms with van der Waals surface area (Å²) < 4.78 is 13.3. The third-order valence-electron chi connectivity index (χ3n) is 2.92. The topological polar surface area (TPSA) is 93.0 Å². The number of aryl methyl sites for hydroxylation is 2. The van der Waals surface area contributed by atoms with Crippen molar-refractivity contribution in [3.05, 3.63) is 45.4 Å². The fourth-order valence-electron chi connectivity index (χ4n) is 1.84. The zero-order chi connectivity index (χ0) is 15.6. The van der Waals surface area contributed by atoms with Crippen molar-refractivity contribution in [2.24, 2.45) is 0 Å². The minimum absolute atomic E-state index is 0.0190. The third kappa shape index (κ3) is 3.04. The van der Waals surface area contributed by atoms with Gasteiger partial charge >= 0.3 is 5.69 Å². The van der Waals surface area contributed by atoms with Crippen molar-refractivity contribution in [2.45, 2.75) is 13.8 Å². The average molecular weight is 291 g/mol. The highest BCUT2D eigenvalue weighted by atomic mass is 19.1. The van der Waals surface area contributed by atoms with Crippen LogP contribution in [-0.4, -0.2) is 21.9 Å². The molecule has 0 aliphatic carbocycles. The van der Waals surface area contributed by atoms with Crippen molar-refractivity contribution in [3.63, 3.8) is 0 Å². The minimum atomic E-state index is -0.564. The van der Waals surface area contributed by atoms with Crippen molar-refractivity contribution in [1.29, 1.82) is 0 Å². The number of anilines is 3. The zero-order valence-electron chi connectivity index (χ0n) is 11.8. The lowest BCUT2D eigenvalue weighted by Crippen LogP contribution is -2.07. The molecule has 1 heterocycles. The molecule has 2 N–H and O–H groups in total. The molecule has 1 aromatic heterocycles. The van der Waals surface area contributed by atoms with Gasteiger partial charge in [0.05, 0.1) is 4.92 Å². The van der Waals surface area contributed by atoms with E-state index in [-0.39, 0.29) is 23.1 Å². The van der Waals surface area contributed by atoms with Crippen molar-refractivity contribution < 1.29 is 9.31 Å². The summed E-state index contributed by atoms with van der Waals surface area (Å²) in [7, 11) is 1.61. The molecular weight excluding hydrogens is 277 g/mol. The first-order valence-electron chi connectivity index (χ1n) is 6.16. The van der Waals surface area contributed by atoms with Gasteiger partial charge in [-0.25, -0.2) is 9.37 Å². The van der Waals surface area contributed by atoms with Crippen LogP contribution in [0.1, 0.15) is 11.3 Å². The summed E-state index contributed by atoms with van der Waals surface area (Å²) >= 11 is 0. The van der Waals surface area contributed by atoms with Gasteiger partial charge in [0.15, 0.2) is 0 Å². The fourth-order valence-corrected chi connectivity index (χ4v) is 1.84.